The van der Waals surface area contributed by atoms with Crippen molar-refractivity contribution in [1.82, 2.24) is 20.2 Å². The van der Waals surface area contributed by atoms with Gasteiger partial charge in [-0.25, -0.2) is 0 Å². The first-order valence-electron chi connectivity index (χ1n) is 2.99. The van der Waals surface area contributed by atoms with E-state index >= 15 is 0 Å². The second-order valence-corrected chi connectivity index (χ2v) is 3.06. The summed E-state index contributed by atoms with van der Waals surface area (Å²) in [4.78, 5) is 0. The third-order valence-corrected chi connectivity index (χ3v) is 1.09. The molecule has 0 saturated heterocycles. The Bertz CT molecular complexity index is 224. The van der Waals surface area contributed by atoms with E-state index in [1.165, 1.54) is 4.68 Å². The second kappa shape index (κ2) is 1.93. The van der Waals surface area contributed by atoms with Crippen LogP contribution in [0.4, 0.5) is 0 Å². The first-order valence-corrected chi connectivity index (χ1v) is 2.99. The molecule has 56 valence electrons. The van der Waals surface area contributed by atoms with Crippen LogP contribution < -0.4 is 0 Å². The van der Waals surface area contributed by atoms with Gasteiger partial charge in [0.05, 0.1) is 5.54 Å². The molecule has 1 aromatic rings. The molecule has 1 rings (SSSR count). The van der Waals surface area contributed by atoms with E-state index < -0.39 is 0 Å². The Kier molecular flexibility index (Phi) is 1.35. The maximum Gasteiger partial charge on any atom is 0.333 e. The molecule has 5 nitrogen and oxygen atoms in total. The Morgan fingerprint density at radius 2 is 2.00 bits per heavy atom. The molecule has 10 heavy (non-hydrogen) atoms. The van der Waals surface area contributed by atoms with Crippen molar-refractivity contribution in [3.8, 4) is 6.01 Å². The minimum Gasteiger partial charge on any atom is -0.478 e. The molecule has 0 spiro atoms. The molecule has 0 aromatic carbocycles. The lowest BCUT2D eigenvalue weighted by molar-refractivity contribution is 0.286. The topological polar surface area (TPSA) is 63.8 Å². The molecule has 5 heteroatoms. The summed E-state index contributed by atoms with van der Waals surface area (Å²) in [5.41, 5.74) is -0.256. The van der Waals surface area contributed by atoms with Gasteiger partial charge in [-0.3, -0.25) is 0 Å². The van der Waals surface area contributed by atoms with Crippen molar-refractivity contribution in [2.45, 2.75) is 26.3 Å². The molecule has 0 saturated carbocycles. The number of nitrogens with zero attached hydrogens (tertiary/aromatic N) is 4. The lowest BCUT2D eigenvalue weighted by Crippen LogP contribution is -2.22. The summed E-state index contributed by atoms with van der Waals surface area (Å²) in [5, 5.41) is 19.2. The molecule has 0 radical (unpaired) electrons. The molecule has 1 aromatic heterocycles. The molecule has 1 heterocycles. The van der Waals surface area contributed by atoms with Crippen LogP contribution in [0, 0.1) is 0 Å². The Morgan fingerprint density at radius 3 is 2.20 bits per heavy atom. The maximum atomic E-state index is 9.01. The Labute approximate surface area is 58.7 Å². The number of tetrazole rings is 1. The number of aromatic nitrogens is 4. The third kappa shape index (κ3) is 1.07. The van der Waals surface area contributed by atoms with E-state index in [0.717, 1.165) is 0 Å². The molecule has 0 bridgehead atoms. The van der Waals surface area contributed by atoms with Crippen LogP contribution in [0.25, 0.3) is 0 Å². The standard InChI is InChI=1S/C5H10N4O/c1-5(2,3)9-4(10)6-7-8-9/h1-3H3,(H,6,8,10). The van der Waals surface area contributed by atoms with Gasteiger partial charge in [0.25, 0.3) is 0 Å². The minimum absolute atomic E-state index is 0.146. The lowest BCUT2D eigenvalue weighted by atomic mass is 10.1. The van der Waals surface area contributed by atoms with Gasteiger partial charge in [0.15, 0.2) is 0 Å². The molecular formula is C5H10N4O. The van der Waals surface area contributed by atoms with Crippen LogP contribution in [0.3, 0.4) is 0 Å². The molecular weight excluding hydrogens is 132 g/mol. The fraction of sp³-hybridized carbons (Fsp3) is 0.800. The van der Waals surface area contributed by atoms with Gasteiger partial charge in [0, 0.05) is 0 Å². The predicted molar refractivity (Wildman–Crippen MR) is 34.5 cm³/mol. The SMILES string of the molecule is CC(C)(C)n1nnnc1O. The van der Waals surface area contributed by atoms with Crippen LogP contribution in [-0.2, 0) is 5.54 Å². The zero-order chi connectivity index (χ0) is 7.78. The zero-order valence-corrected chi connectivity index (χ0v) is 6.24. The Morgan fingerprint density at radius 1 is 1.40 bits per heavy atom. The summed E-state index contributed by atoms with van der Waals surface area (Å²) in [6.07, 6.45) is 0. The van der Waals surface area contributed by atoms with Crippen LogP contribution >= 0.6 is 0 Å². The van der Waals surface area contributed by atoms with Gasteiger partial charge in [-0.05, 0) is 31.2 Å². The molecule has 1 N–H and O–H groups in total. The number of hydrogen-bond acceptors (Lipinski definition) is 4. The molecule has 0 aliphatic rings. The highest BCUT2D eigenvalue weighted by Gasteiger charge is 2.18. The van der Waals surface area contributed by atoms with Gasteiger partial charge in [-0.2, -0.15) is 4.68 Å². The quantitative estimate of drug-likeness (QED) is 0.559. The van der Waals surface area contributed by atoms with E-state index in [9.17, 15) is 0 Å². The fourth-order valence-electron chi connectivity index (χ4n) is 0.617. The summed E-state index contributed by atoms with van der Waals surface area (Å²) in [6, 6.07) is -0.146. The molecule has 0 amide bonds. The van der Waals surface area contributed by atoms with Gasteiger partial charge in [-0.1, -0.05) is 5.10 Å². The molecule has 0 aliphatic carbocycles. The summed E-state index contributed by atoms with van der Waals surface area (Å²) in [6.45, 7) is 5.72. The van der Waals surface area contributed by atoms with Crippen molar-refractivity contribution in [2.75, 3.05) is 0 Å². The first-order chi connectivity index (χ1) is 4.52. The molecule has 0 aliphatic heterocycles. The normalized spacial score (nSPS) is 11.9. The van der Waals surface area contributed by atoms with E-state index in [2.05, 4.69) is 15.5 Å². The van der Waals surface area contributed by atoms with E-state index in [1.54, 1.807) is 0 Å². The third-order valence-electron chi connectivity index (χ3n) is 1.09. The van der Waals surface area contributed by atoms with Crippen molar-refractivity contribution < 1.29 is 5.11 Å². The summed E-state index contributed by atoms with van der Waals surface area (Å²) < 4.78 is 1.35. The number of aromatic hydroxyl groups is 1. The van der Waals surface area contributed by atoms with E-state index in [-0.39, 0.29) is 11.5 Å². The number of rotatable bonds is 0. The molecule has 0 fully saturated rings. The van der Waals surface area contributed by atoms with Crippen LogP contribution in [-0.4, -0.2) is 25.3 Å². The Balaban J connectivity index is 3.05. The van der Waals surface area contributed by atoms with E-state index in [4.69, 9.17) is 5.11 Å². The smallest absolute Gasteiger partial charge is 0.333 e. The van der Waals surface area contributed by atoms with Gasteiger partial charge in [0.1, 0.15) is 0 Å². The molecule has 0 atom stereocenters. The predicted octanol–water partition coefficient (Wildman–Crippen LogP) is 0.134. The molecule has 0 unspecified atom stereocenters. The van der Waals surface area contributed by atoms with Crippen molar-refractivity contribution in [3.05, 3.63) is 0 Å². The first kappa shape index (κ1) is 6.98. The maximum absolute atomic E-state index is 9.01. The highest BCUT2D eigenvalue weighted by molar-refractivity contribution is 4.88. The highest BCUT2D eigenvalue weighted by Crippen LogP contribution is 2.15. The second-order valence-electron chi connectivity index (χ2n) is 3.06. The largest absolute Gasteiger partial charge is 0.478 e. The average molecular weight is 142 g/mol. The van der Waals surface area contributed by atoms with E-state index in [0.29, 0.717) is 0 Å². The van der Waals surface area contributed by atoms with Crippen molar-refractivity contribution in [3.63, 3.8) is 0 Å². The van der Waals surface area contributed by atoms with Gasteiger partial charge in [-0.15, -0.1) is 0 Å². The van der Waals surface area contributed by atoms with Gasteiger partial charge in [0.2, 0.25) is 0 Å². The van der Waals surface area contributed by atoms with Crippen molar-refractivity contribution in [1.29, 1.82) is 0 Å². The minimum atomic E-state index is -0.256. The summed E-state index contributed by atoms with van der Waals surface area (Å²) in [7, 11) is 0. The van der Waals surface area contributed by atoms with Crippen LogP contribution in [0.2, 0.25) is 0 Å². The fourth-order valence-corrected chi connectivity index (χ4v) is 0.617. The van der Waals surface area contributed by atoms with Gasteiger partial charge < -0.3 is 5.11 Å². The average Bonchev–Trinajstić information content (AvgIpc) is 2.11. The van der Waals surface area contributed by atoms with Crippen LogP contribution in [0.15, 0.2) is 0 Å². The van der Waals surface area contributed by atoms with Gasteiger partial charge >= 0.3 is 6.01 Å². The van der Waals surface area contributed by atoms with E-state index in [1.807, 2.05) is 20.8 Å². The van der Waals surface area contributed by atoms with Crippen LogP contribution in [0.1, 0.15) is 20.8 Å². The summed E-state index contributed by atoms with van der Waals surface area (Å²) >= 11 is 0. The highest BCUT2D eigenvalue weighted by atomic mass is 16.3. The lowest BCUT2D eigenvalue weighted by Gasteiger charge is -2.16. The monoisotopic (exact) mass is 142 g/mol. The zero-order valence-electron chi connectivity index (χ0n) is 6.24. The Hall–Kier alpha value is -1.13. The van der Waals surface area contributed by atoms with Crippen LogP contribution in [0.5, 0.6) is 6.01 Å². The van der Waals surface area contributed by atoms with Crippen molar-refractivity contribution >= 4 is 0 Å². The van der Waals surface area contributed by atoms with Crippen molar-refractivity contribution in [2.24, 2.45) is 0 Å². The number of hydrogen-bond donors (Lipinski definition) is 1. The summed E-state index contributed by atoms with van der Waals surface area (Å²) in [5.74, 6) is 0.